The molecule has 0 fully saturated rings. The standard InChI is InChI=1S/C12H13NO3/c1-7-4-10(16-3)6-9-5-8(2)13(11(7)9)12(14)15/h4-6H,1-3H3,(H,14,15). The molecule has 0 bridgehead atoms. The zero-order valence-corrected chi connectivity index (χ0v) is 9.44. The first-order chi connectivity index (χ1) is 7.54. The third-order valence-electron chi connectivity index (χ3n) is 2.67. The number of carbonyl (C=O) groups is 1. The number of methoxy groups -OCH3 is 1. The average molecular weight is 219 g/mol. The Hall–Kier alpha value is -1.97. The molecule has 1 heterocycles. The molecule has 0 unspecified atom stereocenters. The predicted octanol–water partition coefficient (Wildman–Crippen LogP) is 2.79. The molecule has 0 saturated heterocycles. The van der Waals surface area contributed by atoms with Crippen molar-refractivity contribution in [3.05, 3.63) is 29.5 Å². The number of hydrogen-bond donors (Lipinski definition) is 1. The summed E-state index contributed by atoms with van der Waals surface area (Å²) in [5, 5.41) is 10.0. The normalized spacial score (nSPS) is 10.7. The molecule has 0 saturated carbocycles. The third-order valence-corrected chi connectivity index (χ3v) is 2.67. The molecule has 1 aromatic carbocycles. The highest BCUT2D eigenvalue weighted by Gasteiger charge is 2.14. The van der Waals surface area contributed by atoms with Crippen LogP contribution in [-0.2, 0) is 0 Å². The SMILES string of the molecule is COc1cc(C)c2c(c1)cc(C)n2C(=O)O. The fourth-order valence-corrected chi connectivity index (χ4v) is 2.02. The van der Waals surface area contributed by atoms with Crippen molar-refractivity contribution in [1.82, 2.24) is 4.57 Å². The number of aromatic nitrogens is 1. The molecule has 0 atom stereocenters. The predicted molar refractivity (Wildman–Crippen MR) is 61.4 cm³/mol. The Morgan fingerprint density at radius 1 is 1.31 bits per heavy atom. The average Bonchev–Trinajstić information content (AvgIpc) is 2.54. The molecular formula is C12H13NO3. The van der Waals surface area contributed by atoms with E-state index in [1.54, 1.807) is 14.0 Å². The van der Waals surface area contributed by atoms with Crippen LogP contribution in [0.5, 0.6) is 5.75 Å². The molecule has 16 heavy (non-hydrogen) atoms. The fraction of sp³-hybridized carbons (Fsp3) is 0.250. The van der Waals surface area contributed by atoms with Crippen LogP contribution in [0, 0.1) is 13.8 Å². The van der Waals surface area contributed by atoms with Gasteiger partial charge in [-0.1, -0.05) is 0 Å². The lowest BCUT2D eigenvalue weighted by molar-refractivity contribution is 0.197. The molecule has 4 heteroatoms. The Morgan fingerprint density at radius 3 is 2.56 bits per heavy atom. The van der Waals surface area contributed by atoms with Crippen LogP contribution in [0.4, 0.5) is 4.79 Å². The second-order valence-corrected chi connectivity index (χ2v) is 3.79. The number of nitrogens with zero attached hydrogens (tertiary/aromatic N) is 1. The molecule has 0 spiro atoms. The molecule has 4 nitrogen and oxygen atoms in total. The van der Waals surface area contributed by atoms with Gasteiger partial charge in [-0.2, -0.15) is 0 Å². The topological polar surface area (TPSA) is 51.5 Å². The van der Waals surface area contributed by atoms with Crippen LogP contribution in [0.25, 0.3) is 10.9 Å². The van der Waals surface area contributed by atoms with Crippen molar-refractivity contribution in [3.63, 3.8) is 0 Å². The molecule has 0 radical (unpaired) electrons. The van der Waals surface area contributed by atoms with Crippen molar-refractivity contribution >= 4 is 17.0 Å². The second-order valence-electron chi connectivity index (χ2n) is 3.79. The lowest BCUT2D eigenvalue weighted by Gasteiger charge is -2.06. The van der Waals surface area contributed by atoms with Gasteiger partial charge in [-0.25, -0.2) is 9.36 Å². The first-order valence-corrected chi connectivity index (χ1v) is 4.94. The first-order valence-electron chi connectivity index (χ1n) is 4.94. The van der Waals surface area contributed by atoms with Gasteiger partial charge in [0, 0.05) is 11.1 Å². The van der Waals surface area contributed by atoms with E-state index in [1.807, 2.05) is 25.1 Å². The Bertz CT molecular complexity index is 569. The highest BCUT2D eigenvalue weighted by Crippen LogP contribution is 2.27. The number of fused-ring (bicyclic) bond motifs is 1. The maximum atomic E-state index is 11.1. The second kappa shape index (κ2) is 3.56. The van der Waals surface area contributed by atoms with E-state index >= 15 is 0 Å². The Kier molecular flexibility index (Phi) is 2.34. The number of rotatable bonds is 1. The van der Waals surface area contributed by atoms with Gasteiger partial charge in [0.05, 0.1) is 12.6 Å². The zero-order valence-electron chi connectivity index (χ0n) is 9.44. The van der Waals surface area contributed by atoms with Crippen LogP contribution >= 0.6 is 0 Å². The molecule has 1 aromatic heterocycles. The lowest BCUT2D eigenvalue weighted by atomic mass is 10.1. The summed E-state index contributed by atoms with van der Waals surface area (Å²) in [5.74, 6) is 0.743. The van der Waals surface area contributed by atoms with E-state index in [0.29, 0.717) is 5.69 Å². The summed E-state index contributed by atoms with van der Waals surface area (Å²) in [4.78, 5) is 11.1. The van der Waals surface area contributed by atoms with Crippen LogP contribution in [0.2, 0.25) is 0 Å². The Balaban J connectivity index is 2.85. The molecule has 0 aliphatic carbocycles. The van der Waals surface area contributed by atoms with E-state index < -0.39 is 6.09 Å². The van der Waals surface area contributed by atoms with Crippen molar-refractivity contribution in [2.24, 2.45) is 0 Å². The molecular weight excluding hydrogens is 206 g/mol. The van der Waals surface area contributed by atoms with Gasteiger partial charge in [0.25, 0.3) is 0 Å². The summed E-state index contributed by atoms with van der Waals surface area (Å²) in [5.41, 5.74) is 2.33. The maximum Gasteiger partial charge on any atom is 0.416 e. The number of ether oxygens (including phenoxy) is 1. The van der Waals surface area contributed by atoms with E-state index in [2.05, 4.69) is 0 Å². The summed E-state index contributed by atoms with van der Waals surface area (Å²) < 4.78 is 6.45. The van der Waals surface area contributed by atoms with Gasteiger partial charge in [-0.3, -0.25) is 0 Å². The summed E-state index contributed by atoms with van der Waals surface area (Å²) in [6.45, 7) is 3.66. The van der Waals surface area contributed by atoms with E-state index in [9.17, 15) is 4.79 Å². The van der Waals surface area contributed by atoms with Gasteiger partial charge in [-0.05, 0) is 37.6 Å². The quantitative estimate of drug-likeness (QED) is 0.802. The van der Waals surface area contributed by atoms with Crippen LogP contribution in [0.3, 0.4) is 0 Å². The van der Waals surface area contributed by atoms with Crippen LogP contribution in [-0.4, -0.2) is 22.9 Å². The van der Waals surface area contributed by atoms with Gasteiger partial charge in [0.15, 0.2) is 0 Å². The molecule has 1 N–H and O–H groups in total. The maximum absolute atomic E-state index is 11.1. The van der Waals surface area contributed by atoms with Gasteiger partial charge < -0.3 is 9.84 Å². The summed E-state index contributed by atoms with van der Waals surface area (Å²) in [6, 6.07) is 5.52. The number of benzene rings is 1. The first kappa shape index (κ1) is 10.5. The minimum Gasteiger partial charge on any atom is -0.497 e. The minimum atomic E-state index is -0.958. The monoisotopic (exact) mass is 219 g/mol. The van der Waals surface area contributed by atoms with E-state index in [1.165, 1.54) is 4.57 Å². The highest BCUT2D eigenvalue weighted by molar-refractivity contribution is 5.93. The van der Waals surface area contributed by atoms with Crippen molar-refractivity contribution in [2.45, 2.75) is 13.8 Å². The van der Waals surface area contributed by atoms with E-state index in [4.69, 9.17) is 9.84 Å². The van der Waals surface area contributed by atoms with Gasteiger partial charge in [-0.15, -0.1) is 0 Å². The third kappa shape index (κ3) is 1.43. The minimum absolute atomic E-state index is 0.707. The largest absolute Gasteiger partial charge is 0.497 e. The summed E-state index contributed by atoms with van der Waals surface area (Å²) >= 11 is 0. The smallest absolute Gasteiger partial charge is 0.416 e. The van der Waals surface area contributed by atoms with Crippen molar-refractivity contribution in [3.8, 4) is 5.75 Å². The molecule has 0 amide bonds. The Labute approximate surface area is 93.1 Å². The van der Waals surface area contributed by atoms with Crippen molar-refractivity contribution in [1.29, 1.82) is 0 Å². The van der Waals surface area contributed by atoms with E-state index in [0.717, 1.165) is 22.2 Å². The van der Waals surface area contributed by atoms with Crippen LogP contribution < -0.4 is 4.74 Å². The molecule has 84 valence electrons. The molecule has 2 rings (SSSR count). The van der Waals surface area contributed by atoms with Crippen molar-refractivity contribution in [2.75, 3.05) is 7.11 Å². The van der Waals surface area contributed by atoms with Crippen LogP contribution in [0.15, 0.2) is 18.2 Å². The fourth-order valence-electron chi connectivity index (χ4n) is 2.02. The molecule has 0 aliphatic rings. The molecule has 2 aromatic rings. The number of aryl methyl sites for hydroxylation is 2. The highest BCUT2D eigenvalue weighted by atomic mass is 16.5. The summed E-state index contributed by atoms with van der Waals surface area (Å²) in [6.07, 6.45) is -0.958. The van der Waals surface area contributed by atoms with Crippen LogP contribution in [0.1, 0.15) is 11.3 Å². The zero-order chi connectivity index (χ0) is 11.9. The number of carboxylic acid groups (broad SMARTS) is 1. The van der Waals surface area contributed by atoms with E-state index in [-0.39, 0.29) is 0 Å². The number of hydrogen-bond acceptors (Lipinski definition) is 2. The van der Waals surface area contributed by atoms with Crippen molar-refractivity contribution < 1.29 is 14.6 Å². The van der Waals surface area contributed by atoms with Gasteiger partial charge in [0.1, 0.15) is 5.75 Å². The molecule has 0 aliphatic heterocycles. The lowest BCUT2D eigenvalue weighted by Crippen LogP contribution is -2.09. The van der Waals surface area contributed by atoms with Gasteiger partial charge >= 0.3 is 6.09 Å². The van der Waals surface area contributed by atoms with Gasteiger partial charge in [0.2, 0.25) is 0 Å². The Morgan fingerprint density at radius 2 is 2.00 bits per heavy atom. The summed E-state index contributed by atoms with van der Waals surface area (Å²) in [7, 11) is 1.60.